The van der Waals surface area contributed by atoms with Crippen LogP contribution in [0.2, 0.25) is 0 Å². The second-order valence-corrected chi connectivity index (χ2v) is 3.03. The van der Waals surface area contributed by atoms with Crippen LogP contribution in [0.15, 0.2) is 12.2 Å². The smallest absolute Gasteiger partial charge is 0.352 e. The van der Waals surface area contributed by atoms with E-state index in [-0.39, 0.29) is 5.97 Å². The summed E-state index contributed by atoms with van der Waals surface area (Å²) in [5, 5.41) is 1.67. The lowest BCUT2D eigenvalue weighted by Gasteiger charge is -2.18. The van der Waals surface area contributed by atoms with Crippen LogP contribution < -0.4 is 0 Å². The van der Waals surface area contributed by atoms with Gasteiger partial charge in [0, 0.05) is 18.7 Å². The molecule has 0 aromatic carbocycles. The highest BCUT2D eigenvalue weighted by atomic mass is 16.7. The predicted octanol–water partition coefficient (Wildman–Crippen LogP) is 2.14. The van der Waals surface area contributed by atoms with Crippen molar-refractivity contribution in [3.63, 3.8) is 0 Å². The Bertz CT molecular complexity index is 178. The Labute approximate surface area is 80.3 Å². The van der Waals surface area contributed by atoms with Crippen molar-refractivity contribution in [2.75, 3.05) is 13.1 Å². The fourth-order valence-electron chi connectivity index (χ4n) is 0.798. The Kier molecular flexibility index (Phi) is 6.24. The molecule has 0 aromatic rings. The molecule has 0 bridgehead atoms. The highest BCUT2D eigenvalue weighted by Crippen LogP contribution is 2.00. The fraction of sp³-hybridized carbons (Fsp3) is 0.700. The monoisotopic (exact) mass is 185 g/mol. The number of hydrogen-bond donors (Lipinski definition) is 0. The molecule has 0 atom stereocenters. The van der Waals surface area contributed by atoms with Crippen LogP contribution in [0.4, 0.5) is 0 Å². The van der Waals surface area contributed by atoms with Crippen molar-refractivity contribution in [1.82, 2.24) is 5.06 Å². The molecule has 76 valence electrons. The predicted molar refractivity (Wildman–Crippen MR) is 53.1 cm³/mol. The molecule has 0 fully saturated rings. The minimum atomic E-state index is -0.335. The Morgan fingerprint density at radius 3 is 2.46 bits per heavy atom. The number of unbranched alkanes of at least 4 members (excludes halogenated alkanes) is 1. The van der Waals surface area contributed by atoms with Crippen LogP contribution in [-0.2, 0) is 9.63 Å². The first-order valence-electron chi connectivity index (χ1n) is 4.74. The number of rotatable bonds is 6. The average molecular weight is 185 g/mol. The summed E-state index contributed by atoms with van der Waals surface area (Å²) in [6, 6.07) is 0. The summed E-state index contributed by atoms with van der Waals surface area (Å²) in [4.78, 5) is 16.2. The summed E-state index contributed by atoms with van der Waals surface area (Å²) in [5.74, 6) is -0.335. The zero-order valence-electron chi connectivity index (χ0n) is 8.80. The van der Waals surface area contributed by atoms with Crippen LogP contribution in [0.3, 0.4) is 0 Å². The van der Waals surface area contributed by atoms with E-state index in [4.69, 9.17) is 4.84 Å². The fourth-order valence-corrected chi connectivity index (χ4v) is 0.798. The second kappa shape index (κ2) is 6.66. The maximum absolute atomic E-state index is 11.1. The lowest BCUT2D eigenvalue weighted by Crippen LogP contribution is -2.28. The minimum Gasteiger partial charge on any atom is -0.364 e. The largest absolute Gasteiger partial charge is 0.364 e. The van der Waals surface area contributed by atoms with Crippen LogP contribution in [0, 0.1) is 0 Å². The highest BCUT2D eigenvalue weighted by Gasteiger charge is 2.09. The molecule has 13 heavy (non-hydrogen) atoms. The molecule has 3 heteroatoms. The molecular weight excluding hydrogens is 166 g/mol. The molecule has 0 heterocycles. The van der Waals surface area contributed by atoms with E-state index in [9.17, 15) is 4.79 Å². The molecule has 0 amide bonds. The van der Waals surface area contributed by atoms with Gasteiger partial charge in [0.2, 0.25) is 0 Å². The molecule has 0 N–H and O–H groups in total. The molecule has 0 unspecified atom stereocenters. The topological polar surface area (TPSA) is 29.5 Å². The average Bonchev–Trinajstić information content (AvgIpc) is 2.11. The van der Waals surface area contributed by atoms with Gasteiger partial charge in [-0.3, -0.25) is 0 Å². The molecule has 0 saturated heterocycles. The van der Waals surface area contributed by atoms with Gasteiger partial charge in [-0.1, -0.05) is 19.9 Å². The van der Waals surface area contributed by atoms with E-state index in [0.717, 1.165) is 25.9 Å². The SMILES string of the molecule is C=C(C)C(=O)ON(CC)CCCC. The molecule has 0 aliphatic carbocycles. The normalized spacial score (nSPS) is 10.2. The maximum atomic E-state index is 11.1. The van der Waals surface area contributed by atoms with Gasteiger partial charge in [0.15, 0.2) is 0 Å². The lowest BCUT2D eigenvalue weighted by atomic mass is 10.3. The molecule has 0 aromatic heterocycles. The maximum Gasteiger partial charge on any atom is 0.352 e. The first kappa shape index (κ1) is 12.2. The molecule has 0 aliphatic rings. The van der Waals surface area contributed by atoms with Crippen molar-refractivity contribution in [1.29, 1.82) is 0 Å². The second-order valence-electron chi connectivity index (χ2n) is 3.03. The first-order chi connectivity index (χ1) is 6.11. The molecule has 3 nitrogen and oxygen atoms in total. The van der Waals surface area contributed by atoms with Crippen LogP contribution in [0.5, 0.6) is 0 Å². The molecule has 0 radical (unpaired) electrons. The van der Waals surface area contributed by atoms with E-state index < -0.39 is 0 Å². The third kappa shape index (κ3) is 5.42. The first-order valence-corrected chi connectivity index (χ1v) is 4.74. The van der Waals surface area contributed by atoms with E-state index in [1.807, 2.05) is 6.92 Å². The van der Waals surface area contributed by atoms with Crippen molar-refractivity contribution >= 4 is 5.97 Å². The number of carbonyl (C=O) groups excluding carboxylic acids is 1. The van der Waals surface area contributed by atoms with Crippen molar-refractivity contribution < 1.29 is 9.63 Å². The quantitative estimate of drug-likeness (QED) is 0.469. The molecule has 0 rings (SSSR count). The van der Waals surface area contributed by atoms with Crippen LogP contribution in [-0.4, -0.2) is 24.1 Å². The highest BCUT2D eigenvalue weighted by molar-refractivity contribution is 5.86. The van der Waals surface area contributed by atoms with Gasteiger partial charge in [-0.25, -0.2) is 4.79 Å². The van der Waals surface area contributed by atoms with Gasteiger partial charge in [-0.2, -0.15) is 0 Å². The van der Waals surface area contributed by atoms with E-state index in [0.29, 0.717) is 5.57 Å². The van der Waals surface area contributed by atoms with E-state index in [2.05, 4.69) is 13.5 Å². The van der Waals surface area contributed by atoms with Gasteiger partial charge in [0.05, 0.1) is 0 Å². The van der Waals surface area contributed by atoms with E-state index in [1.165, 1.54) is 0 Å². The van der Waals surface area contributed by atoms with Gasteiger partial charge < -0.3 is 4.84 Å². The van der Waals surface area contributed by atoms with Crippen molar-refractivity contribution in [3.8, 4) is 0 Å². The van der Waals surface area contributed by atoms with Gasteiger partial charge in [-0.15, -0.1) is 5.06 Å². The third-order valence-corrected chi connectivity index (χ3v) is 1.67. The zero-order valence-corrected chi connectivity index (χ0v) is 8.80. The van der Waals surface area contributed by atoms with Gasteiger partial charge >= 0.3 is 5.97 Å². The number of hydrogen-bond acceptors (Lipinski definition) is 3. The summed E-state index contributed by atoms with van der Waals surface area (Å²) in [5.41, 5.74) is 0.440. The molecular formula is C10H19NO2. The van der Waals surface area contributed by atoms with E-state index in [1.54, 1.807) is 12.0 Å². The molecule has 0 spiro atoms. The van der Waals surface area contributed by atoms with Crippen molar-refractivity contribution in [2.24, 2.45) is 0 Å². The standard InChI is InChI=1S/C10H19NO2/c1-5-7-8-11(6-2)13-10(12)9(3)4/h3,5-8H2,1-2,4H3. The van der Waals surface area contributed by atoms with Crippen LogP contribution in [0.1, 0.15) is 33.6 Å². The number of nitrogens with zero attached hydrogens (tertiary/aromatic N) is 1. The Morgan fingerprint density at radius 2 is 2.08 bits per heavy atom. The van der Waals surface area contributed by atoms with Crippen LogP contribution >= 0.6 is 0 Å². The van der Waals surface area contributed by atoms with Gasteiger partial charge in [-0.05, 0) is 20.3 Å². The molecule has 0 aliphatic heterocycles. The summed E-state index contributed by atoms with van der Waals surface area (Å²) in [6.07, 6.45) is 2.14. The summed E-state index contributed by atoms with van der Waals surface area (Å²) in [7, 11) is 0. The van der Waals surface area contributed by atoms with E-state index >= 15 is 0 Å². The minimum absolute atomic E-state index is 0.335. The molecule has 0 saturated carbocycles. The summed E-state index contributed by atoms with van der Waals surface area (Å²) < 4.78 is 0. The summed E-state index contributed by atoms with van der Waals surface area (Å²) in [6.45, 7) is 10.8. The van der Waals surface area contributed by atoms with Crippen molar-refractivity contribution in [3.05, 3.63) is 12.2 Å². The Hall–Kier alpha value is -0.830. The van der Waals surface area contributed by atoms with Crippen molar-refractivity contribution in [2.45, 2.75) is 33.6 Å². The van der Waals surface area contributed by atoms with Gasteiger partial charge in [0.25, 0.3) is 0 Å². The third-order valence-electron chi connectivity index (χ3n) is 1.67. The Morgan fingerprint density at radius 1 is 1.46 bits per heavy atom. The zero-order chi connectivity index (χ0) is 10.3. The number of hydroxylamine groups is 2. The van der Waals surface area contributed by atoms with Crippen LogP contribution in [0.25, 0.3) is 0 Å². The number of carbonyl (C=O) groups is 1. The lowest BCUT2D eigenvalue weighted by molar-refractivity contribution is -0.184. The van der Waals surface area contributed by atoms with Gasteiger partial charge in [0.1, 0.15) is 0 Å². The Balaban J connectivity index is 3.83. The summed E-state index contributed by atoms with van der Waals surface area (Å²) >= 11 is 0.